The van der Waals surface area contributed by atoms with Gasteiger partial charge in [0.15, 0.2) is 0 Å². The third kappa shape index (κ3) is 4.56. The van der Waals surface area contributed by atoms with Crippen LogP contribution < -0.4 is 0 Å². The van der Waals surface area contributed by atoms with E-state index in [-0.39, 0.29) is 0 Å². The van der Waals surface area contributed by atoms with Crippen molar-refractivity contribution in [2.24, 2.45) is 0 Å². The molecule has 0 bridgehead atoms. The summed E-state index contributed by atoms with van der Waals surface area (Å²) in [5, 5.41) is 14.7. The smallest absolute Gasteiger partial charge is 0.145 e. The number of aromatic nitrogens is 4. The minimum atomic E-state index is 0.586. The molecule has 0 spiro atoms. The van der Waals surface area contributed by atoms with Gasteiger partial charge in [-0.25, -0.2) is 9.97 Å². The third-order valence-corrected chi connectivity index (χ3v) is 10.0. The molecule has 0 aliphatic carbocycles. The van der Waals surface area contributed by atoms with Crippen molar-refractivity contribution in [3.05, 3.63) is 182 Å². The molecule has 10 rings (SSSR count). The molecule has 242 valence electrons. The zero-order valence-electron chi connectivity index (χ0n) is 28.0. The number of hydrogen-bond acceptors (Lipinski definition) is 3. The number of para-hydroxylation sites is 3. The molecule has 6 aromatic carbocycles. The predicted molar refractivity (Wildman–Crippen MR) is 212 cm³/mol. The highest BCUT2D eigenvalue weighted by Crippen LogP contribution is 2.43. The van der Waals surface area contributed by atoms with Crippen molar-refractivity contribution in [2.45, 2.75) is 0 Å². The summed E-state index contributed by atoms with van der Waals surface area (Å²) in [5.74, 6) is 0. The van der Waals surface area contributed by atoms with Gasteiger partial charge in [-0.2, -0.15) is 5.26 Å². The fraction of sp³-hybridized carbons (Fsp3) is 0. The van der Waals surface area contributed by atoms with Crippen LogP contribution in [-0.2, 0) is 0 Å². The number of pyridine rings is 2. The molecule has 4 heterocycles. The van der Waals surface area contributed by atoms with Gasteiger partial charge >= 0.3 is 0 Å². The average Bonchev–Trinajstić information content (AvgIpc) is 3.74. The Kier molecular flexibility index (Phi) is 6.80. The third-order valence-electron chi connectivity index (χ3n) is 10.0. The van der Waals surface area contributed by atoms with E-state index in [1.807, 2.05) is 54.7 Å². The topological polar surface area (TPSA) is 59.4 Å². The van der Waals surface area contributed by atoms with Crippen LogP contribution in [0.4, 0.5) is 0 Å². The van der Waals surface area contributed by atoms with Gasteiger partial charge in [-0.15, -0.1) is 0 Å². The Bertz CT molecular complexity index is 3020. The van der Waals surface area contributed by atoms with Crippen molar-refractivity contribution >= 4 is 43.7 Å². The maximum atomic E-state index is 10.1. The molecule has 0 saturated carbocycles. The summed E-state index contributed by atoms with van der Waals surface area (Å²) < 4.78 is 4.70. The molecule has 10 aromatic rings. The van der Waals surface area contributed by atoms with Crippen molar-refractivity contribution < 1.29 is 0 Å². The molecule has 0 aliphatic heterocycles. The molecule has 0 amide bonds. The van der Waals surface area contributed by atoms with Crippen molar-refractivity contribution in [3.63, 3.8) is 0 Å². The highest BCUT2D eigenvalue weighted by Gasteiger charge is 2.23. The number of benzene rings is 6. The van der Waals surface area contributed by atoms with Crippen LogP contribution >= 0.6 is 0 Å². The second-order valence-electron chi connectivity index (χ2n) is 12.9. The fourth-order valence-electron chi connectivity index (χ4n) is 7.77. The lowest BCUT2D eigenvalue weighted by Gasteiger charge is -2.16. The lowest BCUT2D eigenvalue weighted by molar-refractivity contribution is 1.14. The number of rotatable bonds is 5. The molecule has 0 unspecified atom stereocenters. The van der Waals surface area contributed by atoms with Gasteiger partial charge in [0.25, 0.3) is 0 Å². The van der Waals surface area contributed by atoms with Crippen molar-refractivity contribution in [1.82, 2.24) is 19.1 Å². The van der Waals surface area contributed by atoms with Gasteiger partial charge in [0, 0.05) is 50.1 Å². The van der Waals surface area contributed by atoms with Gasteiger partial charge in [0.2, 0.25) is 0 Å². The van der Waals surface area contributed by atoms with Gasteiger partial charge in [-0.1, -0.05) is 109 Å². The van der Waals surface area contributed by atoms with E-state index in [1.54, 1.807) is 0 Å². The van der Waals surface area contributed by atoms with E-state index in [9.17, 15) is 5.26 Å². The van der Waals surface area contributed by atoms with Crippen molar-refractivity contribution in [1.29, 1.82) is 5.26 Å². The number of fused-ring (bicyclic) bond motifs is 7. The quantitative estimate of drug-likeness (QED) is 0.184. The van der Waals surface area contributed by atoms with Crippen molar-refractivity contribution in [3.8, 4) is 51.1 Å². The summed E-state index contributed by atoms with van der Waals surface area (Å²) in [6.45, 7) is 0. The molecule has 0 fully saturated rings. The number of nitrogens with zero attached hydrogens (tertiary/aromatic N) is 5. The molecule has 0 radical (unpaired) electrons. The summed E-state index contributed by atoms with van der Waals surface area (Å²) in [4.78, 5) is 10.2. The van der Waals surface area contributed by atoms with E-state index in [0.717, 1.165) is 78.0 Å². The zero-order valence-corrected chi connectivity index (χ0v) is 28.0. The molecule has 0 saturated heterocycles. The highest BCUT2D eigenvalue weighted by molar-refractivity contribution is 6.26. The van der Waals surface area contributed by atoms with Crippen LogP contribution in [0.2, 0.25) is 0 Å². The highest BCUT2D eigenvalue weighted by atomic mass is 15.1. The molecule has 0 aliphatic rings. The Balaban J connectivity index is 1.32. The van der Waals surface area contributed by atoms with Crippen LogP contribution in [0.25, 0.3) is 88.8 Å². The molecule has 0 N–H and O–H groups in total. The monoisotopic (exact) mass is 663 g/mol. The molecule has 52 heavy (non-hydrogen) atoms. The second-order valence-corrected chi connectivity index (χ2v) is 12.9. The largest absolute Gasteiger partial charge is 0.309 e. The van der Waals surface area contributed by atoms with Crippen LogP contribution in [0.15, 0.2) is 176 Å². The number of nitriles is 1. The Morgan fingerprint density at radius 1 is 0.500 bits per heavy atom. The van der Waals surface area contributed by atoms with Crippen LogP contribution in [0.3, 0.4) is 0 Å². The fourth-order valence-corrected chi connectivity index (χ4v) is 7.77. The van der Waals surface area contributed by atoms with Crippen molar-refractivity contribution in [2.75, 3.05) is 0 Å². The first-order valence-electron chi connectivity index (χ1n) is 17.3. The van der Waals surface area contributed by atoms with Crippen LogP contribution in [0, 0.1) is 11.3 Å². The summed E-state index contributed by atoms with van der Waals surface area (Å²) in [6, 6.07) is 61.0. The van der Waals surface area contributed by atoms with E-state index >= 15 is 0 Å². The standard InChI is InChI=1S/C47H29N5/c48-30-32-16-7-8-19-35(32)41-29-33(28-40(50-41)31-14-3-1-4-15-31)36-20-9-11-23-42(36)52-46-37(38-22-13-27-49-47(38)52)25-26-44-45(46)39-21-10-12-24-43(39)51(44)34-17-5-2-6-18-34/h1-29H. The molecule has 5 heteroatoms. The van der Waals surface area contributed by atoms with E-state index < -0.39 is 0 Å². The van der Waals surface area contributed by atoms with Gasteiger partial charge < -0.3 is 4.57 Å². The van der Waals surface area contributed by atoms with E-state index in [2.05, 4.69) is 137 Å². The van der Waals surface area contributed by atoms with Crippen LogP contribution in [0.1, 0.15) is 5.56 Å². The summed E-state index contributed by atoms with van der Waals surface area (Å²) in [5.41, 5.74) is 12.4. The molecule has 0 atom stereocenters. The van der Waals surface area contributed by atoms with E-state index in [1.165, 1.54) is 10.8 Å². The summed E-state index contributed by atoms with van der Waals surface area (Å²) in [7, 11) is 0. The molecule has 4 aromatic heterocycles. The number of hydrogen-bond donors (Lipinski definition) is 0. The average molecular weight is 664 g/mol. The van der Waals surface area contributed by atoms with Gasteiger partial charge in [0.1, 0.15) is 5.65 Å². The lowest BCUT2D eigenvalue weighted by Crippen LogP contribution is -2.00. The van der Waals surface area contributed by atoms with Gasteiger partial charge in [0.05, 0.1) is 45.3 Å². The van der Waals surface area contributed by atoms with E-state index in [0.29, 0.717) is 5.56 Å². The minimum Gasteiger partial charge on any atom is -0.309 e. The maximum absolute atomic E-state index is 10.1. The predicted octanol–water partition coefficient (Wildman–Crippen LogP) is 11.5. The first-order chi connectivity index (χ1) is 25.8. The Morgan fingerprint density at radius 2 is 1.19 bits per heavy atom. The van der Waals surface area contributed by atoms with E-state index in [4.69, 9.17) is 9.97 Å². The lowest BCUT2D eigenvalue weighted by atomic mass is 9.97. The molecular formula is C47H29N5. The SMILES string of the molecule is N#Cc1ccccc1-c1cc(-c2ccccc2-n2c3ncccc3c3ccc4c(c5ccccc5n4-c4ccccc4)c32)cc(-c2ccccc2)n1. The second kappa shape index (κ2) is 11.9. The minimum absolute atomic E-state index is 0.586. The normalized spacial score (nSPS) is 11.4. The first-order valence-corrected chi connectivity index (χ1v) is 17.3. The summed E-state index contributed by atoms with van der Waals surface area (Å²) >= 11 is 0. The Hall–Kier alpha value is -7.29. The van der Waals surface area contributed by atoms with Gasteiger partial charge in [-0.05, 0) is 66.2 Å². The molecular weight excluding hydrogens is 635 g/mol. The maximum Gasteiger partial charge on any atom is 0.145 e. The Morgan fingerprint density at radius 3 is 2.04 bits per heavy atom. The van der Waals surface area contributed by atoms with Crippen LogP contribution in [-0.4, -0.2) is 19.1 Å². The van der Waals surface area contributed by atoms with Gasteiger partial charge in [-0.3, -0.25) is 4.57 Å². The first kappa shape index (κ1) is 29.6. The zero-order chi connectivity index (χ0) is 34.6. The molecule has 5 nitrogen and oxygen atoms in total. The summed E-state index contributed by atoms with van der Waals surface area (Å²) in [6.07, 6.45) is 1.88. The van der Waals surface area contributed by atoms with Crippen LogP contribution in [0.5, 0.6) is 0 Å². The Labute approximate surface area is 299 Å².